The first-order chi connectivity index (χ1) is 11.2. The zero-order valence-electron chi connectivity index (χ0n) is 15.1. The largest absolute Gasteiger partial charge is 0.350 e. The van der Waals surface area contributed by atoms with Gasteiger partial charge in [-0.05, 0) is 62.6 Å². The summed E-state index contributed by atoms with van der Waals surface area (Å²) in [5, 5.41) is 15.4. The molecule has 0 spiro atoms. The zero-order chi connectivity index (χ0) is 17.9. The SMILES string of the molecule is CCC(C)(C)NC(=O)C(C)Sc1nnnn1-c1c(C)cccc1C. The number of nitrogens with one attached hydrogen (secondary N) is 1. The van der Waals surface area contributed by atoms with Crippen LogP contribution >= 0.6 is 11.8 Å². The number of aromatic nitrogens is 4. The molecule has 0 radical (unpaired) electrons. The Bertz CT molecular complexity index is 705. The molecule has 1 heterocycles. The highest BCUT2D eigenvalue weighted by Crippen LogP contribution is 2.26. The Labute approximate surface area is 147 Å². The number of hydrogen-bond donors (Lipinski definition) is 1. The van der Waals surface area contributed by atoms with Crippen LogP contribution in [0.25, 0.3) is 5.69 Å². The van der Waals surface area contributed by atoms with E-state index in [2.05, 4.69) is 27.8 Å². The summed E-state index contributed by atoms with van der Waals surface area (Å²) in [4.78, 5) is 12.4. The lowest BCUT2D eigenvalue weighted by atomic mass is 10.0. The van der Waals surface area contributed by atoms with Crippen molar-refractivity contribution in [1.82, 2.24) is 25.5 Å². The van der Waals surface area contributed by atoms with E-state index >= 15 is 0 Å². The molecule has 2 aromatic rings. The van der Waals surface area contributed by atoms with Crippen LogP contribution in [0.1, 0.15) is 45.2 Å². The maximum absolute atomic E-state index is 12.4. The summed E-state index contributed by atoms with van der Waals surface area (Å²) in [6, 6.07) is 6.06. The van der Waals surface area contributed by atoms with Crippen LogP contribution < -0.4 is 5.32 Å². The average molecular weight is 347 g/mol. The van der Waals surface area contributed by atoms with E-state index in [1.54, 1.807) is 4.68 Å². The van der Waals surface area contributed by atoms with E-state index < -0.39 is 0 Å². The molecular formula is C17H25N5OS. The first-order valence-electron chi connectivity index (χ1n) is 8.09. The van der Waals surface area contributed by atoms with Crippen molar-refractivity contribution in [2.75, 3.05) is 0 Å². The Hall–Kier alpha value is -1.89. The second kappa shape index (κ2) is 7.34. The summed E-state index contributed by atoms with van der Waals surface area (Å²) in [5.41, 5.74) is 2.93. The quantitative estimate of drug-likeness (QED) is 0.813. The van der Waals surface area contributed by atoms with Crippen LogP contribution in [-0.4, -0.2) is 36.9 Å². The van der Waals surface area contributed by atoms with Crippen LogP contribution in [0.15, 0.2) is 23.4 Å². The Morgan fingerprint density at radius 1 is 1.33 bits per heavy atom. The second-order valence-corrected chi connectivity index (χ2v) is 7.91. The summed E-state index contributed by atoms with van der Waals surface area (Å²) in [6.07, 6.45) is 0.871. The third kappa shape index (κ3) is 4.14. The molecule has 7 heteroatoms. The predicted molar refractivity (Wildman–Crippen MR) is 96.5 cm³/mol. The minimum absolute atomic E-state index is 0.0112. The van der Waals surface area contributed by atoms with E-state index in [0.29, 0.717) is 5.16 Å². The topological polar surface area (TPSA) is 72.7 Å². The number of hydrogen-bond acceptors (Lipinski definition) is 5. The molecule has 0 aliphatic rings. The molecule has 130 valence electrons. The van der Waals surface area contributed by atoms with Crippen molar-refractivity contribution in [2.45, 2.75) is 63.9 Å². The normalized spacial score (nSPS) is 12.9. The molecule has 1 unspecified atom stereocenters. The number of para-hydroxylation sites is 1. The number of carbonyl (C=O) groups excluding carboxylic acids is 1. The lowest BCUT2D eigenvalue weighted by molar-refractivity contribution is -0.121. The van der Waals surface area contributed by atoms with Gasteiger partial charge in [0.1, 0.15) is 0 Å². The Balaban J connectivity index is 2.21. The highest BCUT2D eigenvalue weighted by Gasteiger charge is 2.24. The molecule has 1 amide bonds. The molecule has 0 bridgehead atoms. The second-order valence-electron chi connectivity index (χ2n) is 6.60. The van der Waals surface area contributed by atoms with Gasteiger partial charge >= 0.3 is 0 Å². The van der Waals surface area contributed by atoms with Crippen molar-refractivity contribution in [2.24, 2.45) is 0 Å². The highest BCUT2D eigenvalue weighted by molar-refractivity contribution is 8.00. The van der Waals surface area contributed by atoms with E-state index in [1.807, 2.05) is 52.8 Å². The van der Waals surface area contributed by atoms with Gasteiger partial charge in [-0.25, -0.2) is 0 Å². The Morgan fingerprint density at radius 2 is 1.96 bits per heavy atom. The fourth-order valence-corrected chi connectivity index (χ4v) is 3.06. The number of carbonyl (C=O) groups is 1. The van der Waals surface area contributed by atoms with Crippen LogP contribution in [0.2, 0.25) is 0 Å². The molecule has 6 nitrogen and oxygen atoms in total. The van der Waals surface area contributed by atoms with Crippen LogP contribution in [-0.2, 0) is 4.79 Å². The van der Waals surface area contributed by atoms with Gasteiger partial charge in [-0.3, -0.25) is 4.79 Å². The van der Waals surface area contributed by atoms with Crippen molar-refractivity contribution in [3.63, 3.8) is 0 Å². The standard InChI is InChI=1S/C17H25N5OS/c1-7-17(5,6)18-15(23)13(4)24-16-19-20-21-22(16)14-11(2)9-8-10-12(14)3/h8-10,13H,7H2,1-6H3,(H,18,23). The van der Waals surface area contributed by atoms with Gasteiger partial charge in [0.2, 0.25) is 11.1 Å². The maximum atomic E-state index is 12.4. The van der Waals surface area contributed by atoms with Crippen LogP contribution in [0.4, 0.5) is 0 Å². The van der Waals surface area contributed by atoms with Crippen molar-refractivity contribution >= 4 is 17.7 Å². The van der Waals surface area contributed by atoms with Crippen LogP contribution in [0, 0.1) is 13.8 Å². The number of tetrazole rings is 1. The molecule has 1 aromatic heterocycles. The molecular weight excluding hydrogens is 322 g/mol. The average Bonchev–Trinajstić information content (AvgIpc) is 2.94. The van der Waals surface area contributed by atoms with Gasteiger partial charge in [0.25, 0.3) is 0 Å². The van der Waals surface area contributed by atoms with E-state index in [-0.39, 0.29) is 16.7 Å². The number of amides is 1. The Kier molecular flexibility index (Phi) is 5.64. The third-order valence-corrected chi connectivity index (χ3v) is 5.12. The van der Waals surface area contributed by atoms with Gasteiger partial charge in [0, 0.05) is 5.54 Å². The lowest BCUT2D eigenvalue weighted by Gasteiger charge is -2.26. The molecule has 1 N–H and O–H groups in total. The molecule has 0 fully saturated rings. The predicted octanol–water partition coefficient (Wildman–Crippen LogP) is 3.06. The summed E-state index contributed by atoms with van der Waals surface area (Å²) < 4.78 is 1.71. The molecule has 24 heavy (non-hydrogen) atoms. The van der Waals surface area contributed by atoms with Gasteiger partial charge in [-0.1, -0.05) is 36.9 Å². The van der Waals surface area contributed by atoms with Crippen molar-refractivity contribution in [3.05, 3.63) is 29.3 Å². The monoisotopic (exact) mass is 347 g/mol. The van der Waals surface area contributed by atoms with Gasteiger partial charge in [-0.15, -0.1) is 5.10 Å². The number of rotatable bonds is 6. The Morgan fingerprint density at radius 3 is 2.54 bits per heavy atom. The van der Waals surface area contributed by atoms with Crippen LogP contribution in [0.3, 0.4) is 0 Å². The molecule has 0 saturated carbocycles. The van der Waals surface area contributed by atoms with Gasteiger partial charge in [-0.2, -0.15) is 4.68 Å². The highest BCUT2D eigenvalue weighted by atomic mass is 32.2. The molecule has 1 atom stereocenters. The maximum Gasteiger partial charge on any atom is 0.233 e. The van der Waals surface area contributed by atoms with Gasteiger partial charge in [0.15, 0.2) is 0 Å². The van der Waals surface area contributed by atoms with E-state index in [0.717, 1.165) is 23.2 Å². The number of nitrogens with zero attached hydrogens (tertiary/aromatic N) is 4. The van der Waals surface area contributed by atoms with Gasteiger partial charge in [0.05, 0.1) is 10.9 Å². The first-order valence-corrected chi connectivity index (χ1v) is 8.97. The van der Waals surface area contributed by atoms with Crippen molar-refractivity contribution in [3.8, 4) is 5.69 Å². The summed E-state index contributed by atoms with van der Waals surface area (Å²) in [7, 11) is 0. The fraction of sp³-hybridized carbons (Fsp3) is 0.529. The van der Waals surface area contributed by atoms with Crippen LogP contribution in [0.5, 0.6) is 0 Å². The number of benzene rings is 1. The minimum Gasteiger partial charge on any atom is -0.350 e. The molecule has 0 saturated heterocycles. The molecule has 1 aromatic carbocycles. The first kappa shape index (κ1) is 18.4. The zero-order valence-corrected chi connectivity index (χ0v) is 15.9. The number of thioether (sulfide) groups is 1. The van der Waals surface area contributed by atoms with E-state index in [4.69, 9.17) is 0 Å². The third-order valence-electron chi connectivity index (χ3n) is 4.09. The minimum atomic E-state index is -0.287. The smallest absolute Gasteiger partial charge is 0.233 e. The van der Waals surface area contributed by atoms with Crippen molar-refractivity contribution in [1.29, 1.82) is 0 Å². The number of aryl methyl sites for hydroxylation is 2. The molecule has 2 rings (SSSR count). The lowest BCUT2D eigenvalue weighted by Crippen LogP contribution is -2.46. The summed E-state index contributed by atoms with van der Waals surface area (Å²) in [6.45, 7) is 12.0. The van der Waals surface area contributed by atoms with E-state index in [1.165, 1.54) is 11.8 Å². The fourth-order valence-electron chi connectivity index (χ4n) is 2.27. The molecule has 0 aliphatic carbocycles. The van der Waals surface area contributed by atoms with Crippen molar-refractivity contribution < 1.29 is 4.79 Å². The van der Waals surface area contributed by atoms with Gasteiger partial charge < -0.3 is 5.32 Å². The summed E-state index contributed by atoms with van der Waals surface area (Å²) in [5.74, 6) is -0.0112. The van der Waals surface area contributed by atoms with E-state index in [9.17, 15) is 4.79 Å². The molecule has 0 aliphatic heterocycles. The summed E-state index contributed by atoms with van der Waals surface area (Å²) >= 11 is 1.36.